The van der Waals surface area contributed by atoms with Crippen LogP contribution in [0, 0.1) is 5.41 Å². The van der Waals surface area contributed by atoms with Gasteiger partial charge in [0, 0.05) is 30.9 Å². The molecule has 2 N–H and O–H groups in total. The molecular weight excluding hydrogens is 254 g/mol. The van der Waals surface area contributed by atoms with E-state index in [1.54, 1.807) is 12.3 Å². The molecule has 1 aliphatic rings. The lowest BCUT2D eigenvalue weighted by atomic mass is 9.85. The van der Waals surface area contributed by atoms with Crippen molar-refractivity contribution in [1.82, 2.24) is 25.1 Å². The van der Waals surface area contributed by atoms with E-state index in [1.807, 2.05) is 6.07 Å². The Hall–Kier alpha value is -1.95. The molecule has 0 amide bonds. The number of hydrogen-bond acceptors (Lipinski definition) is 4. The molecule has 0 fully saturated rings. The zero-order valence-corrected chi connectivity index (χ0v) is 12.0. The van der Waals surface area contributed by atoms with Crippen molar-refractivity contribution in [2.45, 2.75) is 33.4 Å². The van der Waals surface area contributed by atoms with Gasteiger partial charge in [-0.25, -0.2) is 0 Å². The first-order valence-electron chi connectivity index (χ1n) is 6.82. The molecule has 1 unspecified atom stereocenters. The molecule has 0 bridgehead atoms. The Morgan fingerprint density at radius 1 is 1.35 bits per heavy atom. The smallest absolute Gasteiger partial charge is 0.248 e. The fraction of sp³-hybridized carbons (Fsp3) is 0.500. The predicted octanol–water partition coefficient (Wildman–Crippen LogP) is 1.32. The number of H-pyrrole nitrogens is 1. The van der Waals surface area contributed by atoms with Gasteiger partial charge in [0.25, 0.3) is 0 Å². The number of pyridine rings is 1. The summed E-state index contributed by atoms with van der Waals surface area (Å²) in [6, 6.07) is 3.58. The lowest BCUT2D eigenvalue weighted by Gasteiger charge is -2.34. The summed E-state index contributed by atoms with van der Waals surface area (Å²) in [7, 11) is 0. The maximum absolute atomic E-state index is 11.5. The van der Waals surface area contributed by atoms with E-state index in [0.717, 1.165) is 30.3 Å². The van der Waals surface area contributed by atoms with E-state index in [2.05, 4.69) is 45.8 Å². The molecule has 2 aromatic heterocycles. The van der Waals surface area contributed by atoms with Crippen molar-refractivity contribution in [1.29, 1.82) is 0 Å². The number of hydrogen-bond donors (Lipinski definition) is 2. The maximum atomic E-state index is 11.5. The average Bonchev–Trinajstić information content (AvgIpc) is 2.81. The zero-order valence-electron chi connectivity index (χ0n) is 12.0. The van der Waals surface area contributed by atoms with E-state index < -0.39 is 0 Å². The van der Waals surface area contributed by atoms with Crippen LogP contribution in [-0.4, -0.2) is 26.3 Å². The van der Waals surface area contributed by atoms with Crippen LogP contribution in [0.4, 0.5) is 0 Å². The second-order valence-electron chi connectivity index (χ2n) is 6.23. The van der Waals surface area contributed by atoms with Crippen LogP contribution < -0.4 is 10.9 Å². The van der Waals surface area contributed by atoms with Gasteiger partial charge in [0.05, 0.1) is 6.04 Å². The van der Waals surface area contributed by atoms with Crippen molar-refractivity contribution in [3.8, 4) is 11.4 Å². The van der Waals surface area contributed by atoms with E-state index in [9.17, 15) is 4.79 Å². The summed E-state index contributed by atoms with van der Waals surface area (Å²) in [5.41, 5.74) is 0.750. The third-order valence-electron chi connectivity index (χ3n) is 3.62. The van der Waals surface area contributed by atoms with Crippen molar-refractivity contribution in [2.75, 3.05) is 6.54 Å². The molecule has 3 rings (SSSR count). The molecule has 6 heteroatoms. The third kappa shape index (κ3) is 2.16. The highest BCUT2D eigenvalue weighted by molar-refractivity contribution is 5.54. The van der Waals surface area contributed by atoms with Crippen LogP contribution in [0.15, 0.2) is 23.1 Å². The van der Waals surface area contributed by atoms with Crippen LogP contribution in [0.1, 0.15) is 32.6 Å². The summed E-state index contributed by atoms with van der Waals surface area (Å²) < 4.78 is 2.11. The van der Waals surface area contributed by atoms with Gasteiger partial charge in [-0.2, -0.15) is 0 Å². The van der Waals surface area contributed by atoms with Gasteiger partial charge in [-0.3, -0.25) is 4.79 Å². The molecular formula is C14H19N5O. The lowest BCUT2D eigenvalue weighted by Crippen LogP contribution is -2.40. The SMILES string of the molecule is CC(C)(C)C1NCCn2c(-c3cc[nH]c(=O)c3)nnc21. The van der Waals surface area contributed by atoms with Crippen molar-refractivity contribution >= 4 is 0 Å². The van der Waals surface area contributed by atoms with Crippen LogP contribution in [0.5, 0.6) is 0 Å². The highest BCUT2D eigenvalue weighted by atomic mass is 16.1. The Bertz CT molecular complexity index is 679. The fourth-order valence-corrected chi connectivity index (χ4v) is 2.65. The molecule has 0 aromatic carbocycles. The first kappa shape index (κ1) is 13.1. The third-order valence-corrected chi connectivity index (χ3v) is 3.62. The number of rotatable bonds is 1. The first-order valence-corrected chi connectivity index (χ1v) is 6.82. The Kier molecular flexibility index (Phi) is 2.97. The standard InChI is InChI=1S/C14H19N5O/c1-14(2,3)11-13-18-17-12(19(13)7-6-16-11)9-4-5-15-10(20)8-9/h4-5,8,11,16H,6-7H2,1-3H3,(H,15,20). The lowest BCUT2D eigenvalue weighted by molar-refractivity contribution is 0.234. The highest BCUT2D eigenvalue weighted by Gasteiger charge is 2.33. The normalized spacial score (nSPS) is 18.9. The number of aromatic amines is 1. The van der Waals surface area contributed by atoms with Gasteiger partial charge in [0.1, 0.15) is 0 Å². The first-order chi connectivity index (χ1) is 9.47. The maximum Gasteiger partial charge on any atom is 0.248 e. The number of nitrogens with zero attached hydrogens (tertiary/aromatic N) is 3. The molecule has 0 aliphatic carbocycles. The summed E-state index contributed by atoms with van der Waals surface area (Å²) in [4.78, 5) is 14.1. The van der Waals surface area contributed by atoms with Crippen LogP contribution in [-0.2, 0) is 6.54 Å². The Balaban J connectivity index is 2.09. The number of fused-ring (bicyclic) bond motifs is 1. The molecule has 20 heavy (non-hydrogen) atoms. The molecule has 3 heterocycles. The molecule has 2 aromatic rings. The van der Waals surface area contributed by atoms with E-state index in [0.29, 0.717) is 0 Å². The Morgan fingerprint density at radius 3 is 2.85 bits per heavy atom. The molecule has 0 saturated carbocycles. The summed E-state index contributed by atoms with van der Waals surface area (Å²) in [5.74, 6) is 1.71. The minimum Gasteiger partial charge on any atom is -0.329 e. The van der Waals surface area contributed by atoms with Gasteiger partial charge < -0.3 is 14.9 Å². The molecule has 1 aliphatic heterocycles. The monoisotopic (exact) mass is 273 g/mol. The summed E-state index contributed by atoms with van der Waals surface area (Å²) in [6.07, 6.45) is 1.64. The summed E-state index contributed by atoms with van der Waals surface area (Å²) in [5, 5.41) is 12.1. The van der Waals surface area contributed by atoms with Crippen LogP contribution in [0.2, 0.25) is 0 Å². The van der Waals surface area contributed by atoms with Crippen LogP contribution in [0.3, 0.4) is 0 Å². The minimum absolute atomic E-state index is 0.0661. The molecule has 106 valence electrons. The van der Waals surface area contributed by atoms with Crippen molar-refractivity contribution in [2.24, 2.45) is 5.41 Å². The van der Waals surface area contributed by atoms with Crippen molar-refractivity contribution in [3.63, 3.8) is 0 Å². The summed E-state index contributed by atoms with van der Waals surface area (Å²) >= 11 is 0. The zero-order chi connectivity index (χ0) is 14.3. The van der Waals surface area contributed by atoms with Crippen molar-refractivity contribution < 1.29 is 0 Å². The fourth-order valence-electron chi connectivity index (χ4n) is 2.65. The van der Waals surface area contributed by atoms with Gasteiger partial charge in [-0.1, -0.05) is 20.8 Å². The topological polar surface area (TPSA) is 75.6 Å². The number of nitrogens with one attached hydrogen (secondary N) is 2. The van der Waals surface area contributed by atoms with Gasteiger partial charge in [-0.05, 0) is 11.5 Å². The molecule has 0 spiro atoms. The molecule has 0 radical (unpaired) electrons. The summed E-state index contributed by atoms with van der Waals surface area (Å²) in [6.45, 7) is 8.24. The van der Waals surface area contributed by atoms with Crippen molar-refractivity contribution in [3.05, 3.63) is 34.5 Å². The molecule has 1 atom stereocenters. The van der Waals surface area contributed by atoms with Gasteiger partial charge in [0.2, 0.25) is 5.56 Å². The van der Waals surface area contributed by atoms with Gasteiger partial charge in [-0.15, -0.1) is 10.2 Å². The second-order valence-corrected chi connectivity index (χ2v) is 6.23. The van der Waals surface area contributed by atoms with E-state index in [-0.39, 0.29) is 17.0 Å². The van der Waals surface area contributed by atoms with Gasteiger partial charge >= 0.3 is 0 Å². The second kappa shape index (κ2) is 4.56. The van der Waals surface area contributed by atoms with E-state index in [4.69, 9.17) is 0 Å². The molecule has 6 nitrogen and oxygen atoms in total. The Morgan fingerprint density at radius 2 is 2.15 bits per heavy atom. The van der Waals surface area contributed by atoms with E-state index >= 15 is 0 Å². The predicted molar refractivity (Wildman–Crippen MR) is 76.3 cm³/mol. The minimum atomic E-state index is -0.124. The van der Waals surface area contributed by atoms with Crippen LogP contribution >= 0.6 is 0 Å². The largest absolute Gasteiger partial charge is 0.329 e. The molecule has 0 saturated heterocycles. The van der Waals surface area contributed by atoms with E-state index in [1.165, 1.54) is 0 Å². The van der Waals surface area contributed by atoms with Gasteiger partial charge in [0.15, 0.2) is 11.6 Å². The Labute approximate surface area is 117 Å². The average molecular weight is 273 g/mol. The van der Waals surface area contributed by atoms with Crippen LogP contribution in [0.25, 0.3) is 11.4 Å². The quantitative estimate of drug-likeness (QED) is 0.821. The highest BCUT2D eigenvalue weighted by Crippen LogP contribution is 2.34. The number of aromatic nitrogens is 4.